The number of amides is 2. The standard InChI is InChI=1S/C15H22ClN3O5S/c1-23-9-11-7-12(16)3-4-14(11)18-15(20)19-5-6-24-10-13(19)8-17-25(2,21)22/h3-4,7,13,17H,5-6,8-10H2,1-2H3,(H,18,20). The van der Waals surface area contributed by atoms with Gasteiger partial charge in [0.25, 0.3) is 0 Å². The second kappa shape index (κ2) is 8.81. The molecule has 0 aliphatic carbocycles. The van der Waals surface area contributed by atoms with Gasteiger partial charge in [-0.3, -0.25) is 0 Å². The van der Waals surface area contributed by atoms with Gasteiger partial charge in [0.15, 0.2) is 0 Å². The molecule has 25 heavy (non-hydrogen) atoms. The Bertz CT molecular complexity index is 713. The van der Waals surface area contributed by atoms with Crippen LogP contribution in [0.1, 0.15) is 5.56 Å². The van der Waals surface area contributed by atoms with Crippen molar-refractivity contribution in [3.05, 3.63) is 28.8 Å². The quantitative estimate of drug-likeness (QED) is 0.761. The first-order valence-corrected chi connectivity index (χ1v) is 9.94. The number of methoxy groups -OCH3 is 1. The smallest absolute Gasteiger partial charge is 0.322 e. The van der Waals surface area contributed by atoms with E-state index in [-0.39, 0.29) is 25.2 Å². The van der Waals surface area contributed by atoms with Gasteiger partial charge in [0.05, 0.1) is 32.1 Å². The van der Waals surface area contributed by atoms with Crippen LogP contribution in [0.3, 0.4) is 0 Å². The van der Waals surface area contributed by atoms with E-state index in [4.69, 9.17) is 21.1 Å². The lowest BCUT2D eigenvalue weighted by molar-refractivity contribution is 0.0176. The van der Waals surface area contributed by atoms with Gasteiger partial charge in [-0.2, -0.15) is 0 Å². The molecule has 1 aromatic carbocycles. The summed E-state index contributed by atoms with van der Waals surface area (Å²) < 4.78 is 35.5. The van der Waals surface area contributed by atoms with Crippen molar-refractivity contribution in [3.63, 3.8) is 0 Å². The first-order chi connectivity index (χ1) is 11.8. The Labute approximate surface area is 152 Å². The van der Waals surface area contributed by atoms with Gasteiger partial charge in [0.2, 0.25) is 10.0 Å². The maximum Gasteiger partial charge on any atom is 0.322 e. The van der Waals surface area contributed by atoms with Gasteiger partial charge in [-0.15, -0.1) is 0 Å². The number of ether oxygens (including phenoxy) is 2. The Morgan fingerprint density at radius 2 is 2.24 bits per heavy atom. The lowest BCUT2D eigenvalue weighted by Crippen LogP contribution is -2.54. The third-order valence-corrected chi connectivity index (χ3v) is 4.60. The predicted molar refractivity (Wildman–Crippen MR) is 95.3 cm³/mol. The fourth-order valence-electron chi connectivity index (χ4n) is 2.49. The van der Waals surface area contributed by atoms with E-state index in [2.05, 4.69) is 10.0 Å². The van der Waals surface area contributed by atoms with E-state index < -0.39 is 10.0 Å². The minimum absolute atomic E-state index is 0.0950. The van der Waals surface area contributed by atoms with Gasteiger partial charge in [0.1, 0.15) is 0 Å². The fourth-order valence-corrected chi connectivity index (χ4v) is 3.17. The van der Waals surface area contributed by atoms with E-state index >= 15 is 0 Å². The Hall–Kier alpha value is -1.39. The van der Waals surface area contributed by atoms with Crippen LogP contribution in [0.5, 0.6) is 0 Å². The van der Waals surface area contributed by atoms with Gasteiger partial charge in [-0.05, 0) is 18.2 Å². The van der Waals surface area contributed by atoms with Gasteiger partial charge >= 0.3 is 6.03 Å². The predicted octanol–water partition coefficient (Wildman–Crippen LogP) is 1.27. The highest BCUT2D eigenvalue weighted by atomic mass is 35.5. The first kappa shape index (κ1) is 19.9. The molecule has 1 aliphatic heterocycles. The summed E-state index contributed by atoms with van der Waals surface area (Å²) in [5, 5.41) is 3.38. The summed E-state index contributed by atoms with van der Waals surface area (Å²) in [7, 11) is -1.79. The van der Waals surface area contributed by atoms with E-state index in [1.54, 1.807) is 30.2 Å². The largest absolute Gasteiger partial charge is 0.380 e. The van der Waals surface area contributed by atoms with Crippen molar-refractivity contribution in [2.75, 3.05) is 45.0 Å². The molecule has 0 aromatic heterocycles. The van der Waals surface area contributed by atoms with Crippen molar-refractivity contribution in [2.45, 2.75) is 12.6 Å². The molecule has 1 fully saturated rings. The second-order valence-corrected chi connectivity index (χ2v) is 7.98. The highest BCUT2D eigenvalue weighted by Crippen LogP contribution is 2.22. The van der Waals surface area contributed by atoms with Crippen molar-refractivity contribution in [1.29, 1.82) is 0 Å². The number of sulfonamides is 1. The van der Waals surface area contributed by atoms with Crippen LogP contribution in [0, 0.1) is 0 Å². The lowest BCUT2D eigenvalue weighted by Gasteiger charge is -2.35. The molecule has 8 nitrogen and oxygen atoms in total. The molecule has 1 saturated heterocycles. The number of carbonyl (C=O) groups is 1. The van der Waals surface area contributed by atoms with Crippen LogP contribution < -0.4 is 10.0 Å². The normalized spacial score (nSPS) is 18.2. The summed E-state index contributed by atoms with van der Waals surface area (Å²) in [6.45, 7) is 1.43. The molecule has 140 valence electrons. The number of hydrogen-bond donors (Lipinski definition) is 2. The highest BCUT2D eigenvalue weighted by molar-refractivity contribution is 7.88. The van der Waals surface area contributed by atoms with Crippen LogP contribution in [0.2, 0.25) is 5.02 Å². The van der Waals surface area contributed by atoms with Crippen LogP contribution in [-0.4, -0.2) is 65.1 Å². The lowest BCUT2D eigenvalue weighted by atomic mass is 10.2. The van der Waals surface area contributed by atoms with E-state index in [9.17, 15) is 13.2 Å². The number of hydrogen-bond acceptors (Lipinski definition) is 5. The van der Waals surface area contributed by atoms with Gasteiger partial charge in [-0.1, -0.05) is 11.6 Å². The first-order valence-electron chi connectivity index (χ1n) is 7.67. The maximum atomic E-state index is 12.7. The van der Waals surface area contributed by atoms with Crippen LogP contribution in [0.4, 0.5) is 10.5 Å². The molecule has 2 rings (SSSR count). The molecule has 1 aliphatic rings. The van der Waals surface area contributed by atoms with E-state index in [1.165, 1.54) is 0 Å². The third kappa shape index (κ3) is 6.12. The summed E-state index contributed by atoms with van der Waals surface area (Å²) in [6.07, 6.45) is 1.08. The van der Waals surface area contributed by atoms with Crippen LogP contribution in [0.25, 0.3) is 0 Å². The van der Waals surface area contributed by atoms with E-state index in [0.29, 0.717) is 30.5 Å². The zero-order valence-corrected chi connectivity index (χ0v) is 15.7. The zero-order chi connectivity index (χ0) is 18.4. The van der Waals surface area contributed by atoms with Crippen LogP contribution in [-0.2, 0) is 26.1 Å². The number of nitrogens with one attached hydrogen (secondary N) is 2. The molecule has 0 radical (unpaired) electrons. The van der Waals surface area contributed by atoms with Crippen molar-refractivity contribution >= 4 is 33.3 Å². The highest BCUT2D eigenvalue weighted by Gasteiger charge is 2.28. The average molecular weight is 392 g/mol. The maximum absolute atomic E-state index is 12.7. The number of anilines is 1. The summed E-state index contributed by atoms with van der Waals surface area (Å²) in [5.41, 5.74) is 1.35. The molecule has 2 amide bonds. The molecule has 0 saturated carbocycles. The SMILES string of the molecule is COCc1cc(Cl)ccc1NC(=O)N1CCOCC1CNS(C)(=O)=O. The number of nitrogens with zero attached hydrogens (tertiary/aromatic N) is 1. The minimum atomic E-state index is -3.35. The number of rotatable bonds is 6. The zero-order valence-electron chi connectivity index (χ0n) is 14.1. The summed E-state index contributed by atoms with van der Waals surface area (Å²) in [5.74, 6) is 0. The van der Waals surface area contributed by atoms with Gasteiger partial charge < -0.3 is 19.7 Å². The van der Waals surface area contributed by atoms with Crippen LogP contribution >= 0.6 is 11.6 Å². The van der Waals surface area contributed by atoms with Crippen molar-refractivity contribution in [3.8, 4) is 0 Å². The molecule has 1 aromatic rings. The molecule has 1 heterocycles. The van der Waals surface area contributed by atoms with Gasteiger partial charge in [-0.25, -0.2) is 17.9 Å². The summed E-state index contributed by atoms with van der Waals surface area (Å²) >= 11 is 5.98. The van der Waals surface area contributed by atoms with Crippen molar-refractivity contribution < 1.29 is 22.7 Å². The molecule has 10 heteroatoms. The topological polar surface area (TPSA) is 97.0 Å². The minimum Gasteiger partial charge on any atom is -0.380 e. The Kier molecular flexibility index (Phi) is 7.03. The Morgan fingerprint density at radius 1 is 1.48 bits per heavy atom. The molecule has 0 bridgehead atoms. The fraction of sp³-hybridized carbons (Fsp3) is 0.533. The molecular formula is C15H22ClN3O5S. The number of morpholine rings is 1. The van der Waals surface area contributed by atoms with E-state index in [1.807, 2.05) is 0 Å². The Morgan fingerprint density at radius 3 is 2.92 bits per heavy atom. The number of halogens is 1. The molecule has 2 N–H and O–H groups in total. The third-order valence-electron chi connectivity index (χ3n) is 3.68. The number of benzene rings is 1. The number of urea groups is 1. The monoisotopic (exact) mass is 391 g/mol. The second-order valence-electron chi connectivity index (χ2n) is 5.71. The molecule has 1 atom stereocenters. The van der Waals surface area contributed by atoms with Gasteiger partial charge in [0, 0.05) is 36.5 Å². The molecular weight excluding hydrogens is 370 g/mol. The average Bonchev–Trinajstić information content (AvgIpc) is 2.55. The summed E-state index contributed by atoms with van der Waals surface area (Å²) in [6, 6.07) is 4.39. The Balaban J connectivity index is 2.09. The van der Waals surface area contributed by atoms with Crippen LogP contribution in [0.15, 0.2) is 18.2 Å². The summed E-state index contributed by atoms with van der Waals surface area (Å²) in [4.78, 5) is 14.2. The van der Waals surface area contributed by atoms with Crippen molar-refractivity contribution in [1.82, 2.24) is 9.62 Å². The molecule has 0 spiro atoms. The molecule has 1 unspecified atom stereocenters. The number of carbonyl (C=O) groups excluding carboxylic acids is 1. The van der Waals surface area contributed by atoms with Crippen molar-refractivity contribution in [2.24, 2.45) is 0 Å². The van der Waals surface area contributed by atoms with E-state index in [0.717, 1.165) is 11.8 Å².